The van der Waals surface area contributed by atoms with Crippen LogP contribution in [-0.4, -0.2) is 38.5 Å². The molecule has 0 fully saturated rings. The molecule has 0 aliphatic carbocycles. The van der Waals surface area contributed by atoms with Gasteiger partial charge in [-0.25, -0.2) is 0 Å². The van der Waals surface area contributed by atoms with E-state index in [1.54, 1.807) is 0 Å². The largest absolute Gasteiger partial charge is 0.465 e. The summed E-state index contributed by atoms with van der Waals surface area (Å²) in [5.41, 5.74) is 0. The monoisotopic (exact) mass is 203 g/mol. The molecule has 0 aliphatic rings. The summed E-state index contributed by atoms with van der Waals surface area (Å²) in [6, 6.07) is 0. The molecule has 0 bridgehead atoms. The van der Waals surface area contributed by atoms with Gasteiger partial charge >= 0.3 is 5.97 Å². The van der Waals surface area contributed by atoms with Crippen molar-refractivity contribution in [2.75, 3.05) is 19.7 Å². The lowest BCUT2D eigenvalue weighted by molar-refractivity contribution is -0.143. The fourth-order valence-electron chi connectivity index (χ4n) is 1.19. The first-order chi connectivity index (χ1) is 5.91. The van der Waals surface area contributed by atoms with Crippen molar-refractivity contribution in [1.82, 2.24) is 4.57 Å². The third-order valence-electron chi connectivity index (χ3n) is 1.96. The first kappa shape index (κ1) is 12.6. The third-order valence-corrected chi connectivity index (χ3v) is 4.33. The van der Waals surface area contributed by atoms with Crippen LogP contribution in [0.2, 0.25) is 19.6 Å². The average molecular weight is 203 g/mol. The molecule has 0 aromatic carbocycles. The van der Waals surface area contributed by atoms with Gasteiger partial charge in [0.05, 0.1) is 13.2 Å². The Labute approximate surface area is 82.2 Å². The maximum absolute atomic E-state index is 11.2. The Bertz CT molecular complexity index is 165. The molecule has 0 heterocycles. The van der Waals surface area contributed by atoms with Gasteiger partial charge < -0.3 is 9.30 Å². The zero-order valence-electron chi connectivity index (χ0n) is 9.39. The van der Waals surface area contributed by atoms with E-state index in [0.29, 0.717) is 13.2 Å². The molecule has 0 saturated carbocycles. The van der Waals surface area contributed by atoms with Crippen molar-refractivity contribution in [2.45, 2.75) is 33.5 Å². The normalized spacial score (nSPS) is 11.8. The number of rotatable bonds is 5. The molecule has 0 rings (SSSR count). The molecule has 78 valence electrons. The predicted octanol–water partition coefficient (Wildman–Crippen LogP) is 1.71. The van der Waals surface area contributed by atoms with E-state index < -0.39 is 8.24 Å². The average Bonchev–Trinajstić information content (AvgIpc) is 1.98. The maximum Gasteiger partial charge on any atom is 0.319 e. The lowest BCUT2D eigenvalue weighted by Crippen LogP contribution is -2.48. The highest BCUT2D eigenvalue weighted by Crippen LogP contribution is 2.08. The zero-order valence-corrected chi connectivity index (χ0v) is 10.4. The topological polar surface area (TPSA) is 29.5 Å². The van der Waals surface area contributed by atoms with Crippen LogP contribution in [0.3, 0.4) is 0 Å². The summed E-state index contributed by atoms with van der Waals surface area (Å²) in [6.45, 7) is 12.5. The van der Waals surface area contributed by atoms with Crippen LogP contribution in [0, 0.1) is 0 Å². The van der Waals surface area contributed by atoms with E-state index >= 15 is 0 Å². The standard InChI is InChI=1S/C9H21NO2Si/c1-6-10(13(3,4)5)8-9(11)12-7-2/h6-8H2,1-5H3. The maximum atomic E-state index is 11.2. The molecule has 0 aliphatic heterocycles. The second kappa shape index (κ2) is 5.39. The van der Waals surface area contributed by atoms with Crippen molar-refractivity contribution in [3.8, 4) is 0 Å². The minimum Gasteiger partial charge on any atom is -0.465 e. The van der Waals surface area contributed by atoms with E-state index in [1.165, 1.54) is 0 Å². The number of likely N-dealkylation sites (N-methyl/N-ethyl adjacent to an activating group) is 1. The Kier molecular flexibility index (Phi) is 5.25. The van der Waals surface area contributed by atoms with E-state index in [0.717, 1.165) is 6.54 Å². The van der Waals surface area contributed by atoms with Crippen LogP contribution < -0.4 is 0 Å². The second-order valence-electron chi connectivity index (χ2n) is 3.99. The van der Waals surface area contributed by atoms with E-state index in [1.807, 2.05) is 6.92 Å². The van der Waals surface area contributed by atoms with Crippen LogP contribution in [0.4, 0.5) is 0 Å². The Hall–Kier alpha value is -0.353. The summed E-state index contributed by atoms with van der Waals surface area (Å²) in [4.78, 5) is 11.2. The SMILES string of the molecule is CCOC(=O)CN(CC)[Si](C)(C)C. The van der Waals surface area contributed by atoms with Crippen molar-refractivity contribution in [3.05, 3.63) is 0 Å². The van der Waals surface area contributed by atoms with Gasteiger partial charge in [-0.15, -0.1) is 0 Å². The molecule has 0 saturated heterocycles. The number of hydrogen-bond donors (Lipinski definition) is 0. The van der Waals surface area contributed by atoms with Gasteiger partial charge in [-0.05, 0) is 13.5 Å². The summed E-state index contributed by atoms with van der Waals surface area (Å²) in [6.07, 6.45) is 0. The Morgan fingerprint density at radius 1 is 1.31 bits per heavy atom. The molecule has 0 spiro atoms. The molecule has 0 radical (unpaired) electrons. The number of carbonyl (C=O) groups is 1. The molecule has 0 atom stereocenters. The summed E-state index contributed by atoms with van der Waals surface area (Å²) in [5.74, 6) is -0.105. The smallest absolute Gasteiger partial charge is 0.319 e. The molecule has 0 aromatic heterocycles. The Balaban J connectivity index is 4.06. The predicted molar refractivity (Wildman–Crippen MR) is 57.2 cm³/mol. The minimum atomic E-state index is -1.35. The zero-order chi connectivity index (χ0) is 10.5. The first-order valence-corrected chi connectivity index (χ1v) is 8.27. The van der Waals surface area contributed by atoms with Crippen molar-refractivity contribution in [2.24, 2.45) is 0 Å². The quantitative estimate of drug-likeness (QED) is 0.503. The number of esters is 1. The molecule has 0 unspecified atom stereocenters. The highest BCUT2D eigenvalue weighted by atomic mass is 28.3. The molecule has 4 heteroatoms. The number of nitrogens with zero attached hydrogens (tertiary/aromatic N) is 1. The van der Waals surface area contributed by atoms with Crippen LogP contribution in [0.5, 0.6) is 0 Å². The van der Waals surface area contributed by atoms with Crippen LogP contribution in [-0.2, 0) is 9.53 Å². The number of hydrogen-bond acceptors (Lipinski definition) is 3. The van der Waals surface area contributed by atoms with Gasteiger partial charge in [0.1, 0.15) is 8.24 Å². The van der Waals surface area contributed by atoms with E-state index in [4.69, 9.17) is 4.74 Å². The van der Waals surface area contributed by atoms with Crippen LogP contribution >= 0.6 is 0 Å². The Morgan fingerprint density at radius 2 is 1.85 bits per heavy atom. The first-order valence-electron chi connectivity index (χ1n) is 4.82. The minimum absolute atomic E-state index is 0.105. The van der Waals surface area contributed by atoms with Gasteiger partial charge in [0.25, 0.3) is 0 Å². The van der Waals surface area contributed by atoms with Crippen molar-refractivity contribution < 1.29 is 9.53 Å². The van der Waals surface area contributed by atoms with Crippen molar-refractivity contribution in [1.29, 1.82) is 0 Å². The number of carbonyl (C=O) groups excluding carboxylic acids is 1. The number of ether oxygens (including phenoxy) is 1. The second-order valence-corrected chi connectivity index (χ2v) is 8.96. The Morgan fingerprint density at radius 3 is 2.15 bits per heavy atom. The summed E-state index contributed by atoms with van der Waals surface area (Å²) < 4.78 is 7.14. The van der Waals surface area contributed by atoms with Gasteiger partial charge in [0.2, 0.25) is 0 Å². The fourth-order valence-corrected chi connectivity index (χ4v) is 2.74. The highest BCUT2D eigenvalue weighted by molar-refractivity contribution is 6.73. The summed E-state index contributed by atoms with van der Waals surface area (Å²) in [7, 11) is -1.35. The molecular formula is C9H21NO2Si. The van der Waals surface area contributed by atoms with Crippen LogP contribution in [0.1, 0.15) is 13.8 Å². The van der Waals surface area contributed by atoms with Gasteiger partial charge in [-0.2, -0.15) is 0 Å². The van der Waals surface area contributed by atoms with Gasteiger partial charge in [-0.3, -0.25) is 4.79 Å². The molecule has 13 heavy (non-hydrogen) atoms. The molecule has 0 amide bonds. The van der Waals surface area contributed by atoms with E-state index in [9.17, 15) is 4.79 Å². The van der Waals surface area contributed by atoms with Crippen molar-refractivity contribution in [3.63, 3.8) is 0 Å². The fraction of sp³-hybridized carbons (Fsp3) is 0.889. The van der Waals surface area contributed by atoms with Gasteiger partial charge in [0.15, 0.2) is 0 Å². The molecule has 0 N–H and O–H groups in total. The van der Waals surface area contributed by atoms with E-state index in [2.05, 4.69) is 31.1 Å². The summed E-state index contributed by atoms with van der Waals surface area (Å²) >= 11 is 0. The lowest BCUT2D eigenvalue weighted by atomic mass is 10.6. The molecule has 3 nitrogen and oxygen atoms in total. The highest BCUT2D eigenvalue weighted by Gasteiger charge is 2.24. The molecular weight excluding hydrogens is 182 g/mol. The van der Waals surface area contributed by atoms with Crippen molar-refractivity contribution >= 4 is 14.2 Å². The molecule has 0 aromatic rings. The lowest BCUT2D eigenvalue weighted by Gasteiger charge is -2.31. The van der Waals surface area contributed by atoms with Gasteiger partial charge in [-0.1, -0.05) is 26.6 Å². The van der Waals surface area contributed by atoms with Gasteiger partial charge in [0, 0.05) is 0 Å². The summed E-state index contributed by atoms with van der Waals surface area (Å²) in [5, 5.41) is 0. The third kappa shape index (κ3) is 5.05. The van der Waals surface area contributed by atoms with E-state index in [-0.39, 0.29) is 5.97 Å². The van der Waals surface area contributed by atoms with Crippen LogP contribution in [0.25, 0.3) is 0 Å². The van der Waals surface area contributed by atoms with Crippen LogP contribution in [0.15, 0.2) is 0 Å².